The molecule has 0 spiro atoms. The Morgan fingerprint density at radius 2 is 1.54 bits per heavy atom. The summed E-state index contributed by atoms with van der Waals surface area (Å²) >= 11 is 0. The number of carbonyl (C=O) groups is 2. The third-order valence-electron chi connectivity index (χ3n) is 3.72. The molecule has 0 atom stereocenters. The molecular formula is C19H15NO4. The van der Waals surface area contributed by atoms with Crippen molar-refractivity contribution in [3.63, 3.8) is 0 Å². The van der Waals surface area contributed by atoms with Gasteiger partial charge in [0.2, 0.25) is 0 Å². The van der Waals surface area contributed by atoms with Gasteiger partial charge in [-0.15, -0.1) is 0 Å². The highest BCUT2D eigenvalue weighted by Gasteiger charge is 2.17. The van der Waals surface area contributed by atoms with Crippen molar-refractivity contribution in [1.29, 1.82) is 0 Å². The largest absolute Gasteiger partial charge is 0.507 e. The number of hydrogen-bond donors (Lipinski definition) is 2. The number of rotatable bonds is 3. The Morgan fingerprint density at radius 1 is 0.875 bits per heavy atom. The molecule has 5 heteroatoms. The van der Waals surface area contributed by atoms with Crippen molar-refractivity contribution < 1.29 is 19.4 Å². The second-order valence-electron chi connectivity index (χ2n) is 5.17. The van der Waals surface area contributed by atoms with Gasteiger partial charge in [-0.1, -0.05) is 36.4 Å². The highest BCUT2D eigenvalue weighted by molar-refractivity contribution is 6.14. The summed E-state index contributed by atoms with van der Waals surface area (Å²) in [6.45, 7) is 0. The van der Waals surface area contributed by atoms with Gasteiger partial charge in [0, 0.05) is 16.5 Å². The Hall–Kier alpha value is -3.34. The predicted molar refractivity (Wildman–Crippen MR) is 91.3 cm³/mol. The van der Waals surface area contributed by atoms with Gasteiger partial charge in [0.15, 0.2) is 0 Å². The number of anilines is 1. The first kappa shape index (κ1) is 15.6. The van der Waals surface area contributed by atoms with E-state index in [0.717, 1.165) is 0 Å². The van der Waals surface area contributed by atoms with Crippen molar-refractivity contribution in [2.75, 3.05) is 12.4 Å². The fourth-order valence-electron chi connectivity index (χ4n) is 2.56. The van der Waals surface area contributed by atoms with E-state index in [1.54, 1.807) is 54.6 Å². The monoisotopic (exact) mass is 321 g/mol. The number of carbonyl (C=O) groups excluding carboxylic acids is 2. The smallest absolute Gasteiger partial charge is 0.338 e. The van der Waals surface area contributed by atoms with Gasteiger partial charge in [-0.05, 0) is 24.3 Å². The van der Waals surface area contributed by atoms with Crippen LogP contribution in [0.25, 0.3) is 10.8 Å². The van der Waals surface area contributed by atoms with Gasteiger partial charge in [-0.2, -0.15) is 0 Å². The van der Waals surface area contributed by atoms with Gasteiger partial charge in [-0.25, -0.2) is 4.79 Å². The lowest BCUT2D eigenvalue weighted by molar-refractivity contribution is 0.0597. The lowest BCUT2D eigenvalue weighted by atomic mass is 10.1. The molecule has 120 valence electrons. The van der Waals surface area contributed by atoms with Gasteiger partial charge in [0.05, 0.1) is 18.2 Å². The molecule has 2 N–H and O–H groups in total. The molecule has 24 heavy (non-hydrogen) atoms. The predicted octanol–water partition coefficient (Wildman–Crippen LogP) is 3.58. The fourth-order valence-corrected chi connectivity index (χ4v) is 2.56. The Balaban J connectivity index is 2.00. The summed E-state index contributed by atoms with van der Waals surface area (Å²) in [6.07, 6.45) is 0. The second kappa shape index (κ2) is 6.42. The molecule has 0 radical (unpaired) electrons. The first-order valence-electron chi connectivity index (χ1n) is 7.31. The van der Waals surface area contributed by atoms with E-state index in [9.17, 15) is 14.7 Å². The summed E-state index contributed by atoms with van der Waals surface area (Å²) in [6, 6.07) is 16.8. The van der Waals surface area contributed by atoms with Crippen LogP contribution in [0, 0.1) is 0 Å². The van der Waals surface area contributed by atoms with E-state index >= 15 is 0 Å². The minimum Gasteiger partial charge on any atom is -0.507 e. The number of phenolic OH excluding ortho intramolecular Hbond substituents is 1. The van der Waals surface area contributed by atoms with E-state index in [-0.39, 0.29) is 16.9 Å². The molecule has 0 heterocycles. The average molecular weight is 321 g/mol. The molecular weight excluding hydrogens is 306 g/mol. The third-order valence-corrected chi connectivity index (χ3v) is 3.72. The number of amides is 1. The molecule has 3 aromatic rings. The fraction of sp³-hybridized carbons (Fsp3) is 0.0526. The minimum absolute atomic E-state index is 0.138. The number of esters is 1. The zero-order valence-electron chi connectivity index (χ0n) is 12.9. The highest BCUT2D eigenvalue weighted by atomic mass is 16.5. The van der Waals surface area contributed by atoms with Crippen molar-refractivity contribution in [2.24, 2.45) is 0 Å². The molecule has 0 aliphatic carbocycles. The van der Waals surface area contributed by atoms with E-state index in [1.807, 2.05) is 0 Å². The van der Waals surface area contributed by atoms with Gasteiger partial charge in [-0.3, -0.25) is 4.79 Å². The van der Waals surface area contributed by atoms with E-state index in [1.165, 1.54) is 13.2 Å². The van der Waals surface area contributed by atoms with E-state index in [4.69, 9.17) is 4.74 Å². The quantitative estimate of drug-likeness (QED) is 0.723. The molecule has 0 aromatic heterocycles. The van der Waals surface area contributed by atoms with Crippen LogP contribution in [0.1, 0.15) is 20.7 Å². The van der Waals surface area contributed by atoms with Crippen LogP contribution in [0.5, 0.6) is 5.75 Å². The molecule has 0 fully saturated rings. The molecule has 0 aliphatic heterocycles. The van der Waals surface area contributed by atoms with E-state index in [2.05, 4.69) is 5.32 Å². The van der Waals surface area contributed by atoms with Crippen LogP contribution in [0.15, 0.2) is 60.7 Å². The standard InChI is InChI=1S/C19H15NO4/c1-24-19(23)15-7-3-2-6-14(15)18(22)20-16-10-4-9-13-12(16)8-5-11-17(13)21/h2-11,21H,1H3,(H,20,22). The summed E-state index contributed by atoms with van der Waals surface area (Å²) < 4.78 is 4.71. The third kappa shape index (κ3) is 2.79. The summed E-state index contributed by atoms with van der Waals surface area (Å²) in [5, 5.41) is 14.1. The van der Waals surface area contributed by atoms with Crippen LogP contribution in [0.4, 0.5) is 5.69 Å². The number of nitrogens with one attached hydrogen (secondary N) is 1. The van der Waals surface area contributed by atoms with Crippen LogP contribution < -0.4 is 5.32 Å². The maximum absolute atomic E-state index is 12.6. The highest BCUT2D eigenvalue weighted by Crippen LogP contribution is 2.30. The molecule has 0 unspecified atom stereocenters. The zero-order valence-corrected chi connectivity index (χ0v) is 12.9. The van der Waals surface area contributed by atoms with Gasteiger partial charge in [0.25, 0.3) is 5.91 Å². The Kier molecular flexibility index (Phi) is 4.16. The van der Waals surface area contributed by atoms with Crippen molar-refractivity contribution >= 4 is 28.3 Å². The van der Waals surface area contributed by atoms with Gasteiger partial charge >= 0.3 is 5.97 Å². The molecule has 5 nitrogen and oxygen atoms in total. The minimum atomic E-state index is -0.573. The number of benzene rings is 3. The van der Waals surface area contributed by atoms with Crippen molar-refractivity contribution in [3.8, 4) is 5.75 Å². The van der Waals surface area contributed by atoms with Crippen LogP contribution in [0.3, 0.4) is 0 Å². The van der Waals surface area contributed by atoms with Crippen molar-refractivity contribution in [1.82, 2.24) is 0 Å². The summed E-state index contributed by atoms with van der Waals surface area (Å²) in [5.74, 6) is -0.860. The summed E-state index contributed by atoms with van der Waals surface area (Å²) in [4.78, 5) is 24.4. The van der Waals surface area contributed by atoms with Crippen molar-refractivity contribution in [3.05, 3.63) is 71.8 Å². The number of aromatic hydroxyl groups is 1. The first-order chi connectivity index (χ1) is 11.6. The number of methoxy groups -OCH3 is 1. The second-order valence-corrected chi connectivity index (χ2v) is 5.17. The maximum Gasteiger partial charge on any atom is 0.338 e. The van der Waals surface area contributed by atoms with Crippen molar-refractivity contribution in [2.45, 2.75) is 0 Å². The molecule has 0 saturated carbocycles. The van der Waals surface area contributed by atoms with Gasteiger partial charge < -0.3 is 15.2 Å². The van der Waals surface area contributed by atoms with Crippen LogP contribution in [0.2, 0.25) is 0 Å². The van der Waals surface area contributed by atoms with Crippen LogP contribution in [-0.4, -0.2) is 24.1 Å². The van der Waals surface area contributed by atoms with Crippen LogP contribution >= 0.6 is 0 Å². The Morgan fingerprint density at radius 3 is 2.29 bits per heavy atom. The Labute approximate surface area is 138 Å². The topological polar surface area (TPSA) is 75.6 Å². The lowest BCUT2D eigenvalue weighted by Crippen LogP contribution is -2.17. The molecule has 3 aromatic carbocycles. The average Bonchev–Trinajstić information content (AvgIpc) is 2.62. The lowest BCUT2D eigenvalue weighted by Gasteiger charge is -2.11. The van der Waals surface area contributed by atoms with Crippen LogP contribution in [-0.2, 0) is 4.74 Å². The molecule has 0 aliphatic rings. The number of phenols is 1. The molecule has 0 bridgehead atoms. The molecule has 1 amide bonds. The first-order valence-corrected chi connectivity index (χ1v) is 7.31. The maximum atomic E-state index is 12.6. The number of hydrogen-bond acceptors (Lipinski definition) is 4. The zero-order chi connectivity index (χ0) is 17.1. The molecule has 3 rings (SSSR count). The number of ether oxygens (including phenoxy) is 1. The summed E-state index contributed by atoms with van der Waals surface area (Å²) in [5.41, 5.74) is 0.968. The van der Waals surface area contributed by atoms with E-state index in [0.29, 0.717) is 16.5 Å². The SMILES string of the molecule is COC(=O)c1ccccc1C(=O)Nc1cccc2c(O)cccc12. The molecule has 0 saturated heterocycles. The summed E-state index contributed by atoms with van der Waals surface area (Å²) in [7, 11) is 1.27. The van der Waals surface area contributed by atoms with Gasteiger partial charge in [0.1, 0.15) is 5.75 Å². The Bertz CT molecular complexity index is 934. The van der Waals surface area contributed by atoms with E-state index < -0.39 is 11.9 Å². The normalized spacial score (nSPS) is 10.4. The number of fused-ring (bicyclic) bond motifs is 1.